The quantitative estimate of drug-likeness (QED) is 0.430. The Hall–Kier alpha value is -2.93. The van der Waals surface area contributed by atoms with Crippen LogP contribution in [-0.2, 0) is 4.79 Å². The predicted octanol–water partition coefficient (Wildman–Crippen LogP) is 3.95. The van der Waals surface area contributed by atoms with Crippen molar-refractivity contribution in [2.45, 2.75) is 25.4 Å². The van der Waals surface area contributed by atoms with Gasteiger partial charge in [-0.05, 0) is 47.9 Å². The van der Waals surface area contributed by atoms with Gasteiger partial charge in [0.1, 0.15) is 11.8 Å². The number of rotatable bonds is 5. The largest absolute Gasteiger partial charge is 0.496 e. The Morgan fingerprint density at radius 1 is 1.10 bits per heavy atom. The predicted molar refractivity (Wildman–Crippen MR) is 120 cm³/mol. The lowest BCUT2D eigenvalue weighted by atomic mass is 9.95. The summed E-state index contributed by atoms with van der Waals surface area (Å²) < 4.78 is 5.60. The van der Waals surface area contributed by atoms with Gasteiger partial charge in [0.05, 0.1) is 18.9 Å². The van der Waals surface area contributed by atoms with Crippen LogP contribution in [0.25, 0.3) is 10.8 Å². The van der Waals surface area contributed by atoms with Gasteiger partial charge in [0, 0.05) is 10.6 Å². The summed E-state index contributed by atoms with van der Waals surface area (Å²) in [6.45, 7) is 1.84. The summed E-state index contributed by atoms with van der Waals surface area (Å²) in [7, 11) is 1.66. The number of amides is 1. The number of benzene rings is 3. The smallest absolute Gasteiger partial charge is 0.258 e. The van der Waals surface area contributed by atoms with Crippen molar-refractivity contribution in [1.29, 1.82) is 0 Å². The van der Waals surface area contributed by atoms with Gasteiger partial charge in [-0.25, -0.2) is 16.3 Å². The van der Waals surface area contributed by atoms with Crippen LogP contribution in [0.1, 0.15) is 30.5 Å². The van der Waals surface area contributed by atoms with Gasteiger partial charge in [-0.2, -0.15) is 5.10 Å². The molecule has 1 aliphatic heterocycles. The second kappa shape index (κ2) is 8.83. The van der Waals surface area contributed by atoms with Crippen LogP contribution in [-0.4, -0.2) is 24.8 Å². The number of methoxy groups -OCH3 is 1. The molecule has 1 fully saturated rings. The highest BCUT2D eigenvalue weighted by Gasteiger charge is 2.32. The molecule has 1 aliphatic rings. The highest BCUT2D eigenvalue weighted by molar-refractivity contribution is 6.30. The molecule has 3 aromatic carbocycles. The molecule has 1 saturated heterocycles. The second-order valence-electron chi connectivity index (χ2n) is 7.21. The Bertz CT molecular complexity index is 1100. The summed E-state index contributed by atoms with van der Waals surface area (Å²) in [6, 6.07) is 19.0. The number of ether oxygens (including phenoxy) is 1. The number of hydrazone groups is 1. The molecule has 2 unspecified atom stereocenters. The minimum atomic E-state index is -0.416. The molecular formula is C23H23ClN4O2. The van der Waals surface area contributed by atoms with Crippen molar-refractivity contribution in [2.75, 3.05) is 7.11 Å². The van der Waals surface area contributed by atoms with Crippen LogP contribution in [0.5, 0.6) is 5.75 Å². The SMILES string of the molecule is COc1ccc2ccccc2c1C1CC(C(=O)N/N=C(\C)c2ccc(Cl)cc2)NN1. The number of nitrogens with one attached hydrogen (secondary N) is 3. The number of fused-ring (bicyclic) bond motifs is 1. The first-order valence-electron chi connectivity index (χ1n) is 9.73. The normalized spacial score (nSPS) is 19.1. The van der Waals surface area contributed by atoms with Crippen molar-refractivity contribution in [3.8, 4) is 5.75 Å². The number of nitrogens with zero attached hydrogens (tertiary/aromatic N) is 1. The fourth-order valence-electron chi connectivity index (χ4n) is 3.70. The molecule has 0 spiro atoms. The van der Waals surface area contributed by atoms with E-state index in [1.807, 2.05) is 43.3 Å². The van der Waals surface area contributed by atoms with E-state index in [1.54, 1.807) is 19.2 Å². The molecule has 0 aliphatic carbocycles. The summed E-state index contributed by atoms with van der Waals surface area (Å²) in [5.74, 6) is 0.600. The fourth-order valence-corrected chi connectivity index (χ4v) is 3.83. The first kappa shape index (κ1) is 20.3. The zero-order valence-corrected chi connectivity index (χ0v) is 17.5. The van der Waals surface area contributed by atoms with Gasteiger partial charge < -0.3 is 4.74 Å². The molecule has 7 heteroatoms. The third kappa shape index (κ3) is 4.16. The Balaban J connectivity index is 1.48. The van der Waals surface area contributed by atoms with Crippen LogP contribution in [0.3, 0.4) is 0 Å². The standard InChI is InChI=1S/C23H23ClN4O2/c1-14(15-7-10-17(24)11-8-15)25-28-23(29)20-13-19(26-27-20)22-18-6-4-3-5-16(18)9-12-21(22)30-2/h3-12,19-20,26-27H,13H2,1-2H3,(H,28,29)/b25-14+. The topological polar surface area (TPSA) is 74.8 Å². The van der Waals surface area contributed by atoms with Gasteiger partial charge in [0.25, 0.3) is 5.91 Å². The van der Waals surface area contributed by atoms with E-state index in [1.165, 1.54) is 0 Å². The lowest BCUT2D eigenvalue weighted by Gasteiger charge is -2.17. The Morgan fingerprint density at radius 2 is 1.87 bits per heavy atom. The van der Waals surface area contributed by atoms with Crippen molar-refractivity contribution in [3.63, 3.8) is 0 Å². The van der Waals surface area contributed by atoms with Gasteiger partial charge in [-0.15, -0.1) is 0 Å². The van der Waals surface area contributed by atoms with E-state index in [4.69, 9.17) is 16.3 Å². The van der Waals surface area contributed by atoms with Gasteiger partial charge >= 0.3 is 0 Å². The minimum Gasteiger partial charge on any atom is -0.496 e. The molecule has 154 valence electrons. The van der Waals surface area contributed by atoms with Gasteiger partial charge in [-0.3, -0.25) is 4.79 Å². The van der Waals surface area contributed by atoms with Crippen molar-refractivity contribution in [2.24, 2.45) is 5.10 Å². The van der Waals surface area contributed by atoms with Crippen LogP contribution in [0.2, 0.25) is 5.02 Å². The fraction of sp³-hybridized carbons (Fsp3) is 0.217. The van der Waals surface area contributed by atoms with E-state index in [0.717, 1.165) is 27.6 Å². The summed E-state index contributed by atoms with van der Waals surface area (Å²) >= 11 is 5.92. The number of hydrogen-bond donors (Lipinski definition) is 3. The molecule has 0 bridgehead atoms. The Morgan fingerprint density at radius 3 is 2.63 bits per heavy atom. The molecule has 1 amide bonds. The minimum absolute atomic E-state index is 0.0665. The number of hydrazine groups is 1. The molecule has 1 heterocycles. The summed E-state index contributed by atoms with van der Waals surface area (Å²) in [6.07, 6.45) is 0.575. The maximum Gasteiger partial charge on any atom is 0.258 e. The molecule has 30 heavy (non-hydrogen) atoms. The summed E-state index contributed by atoms with van der Waals surface area (Å²) in [5.41, 5.74) is 11.6. The van der Waals surface area contributed by atoms with Gasteiger partial charge in [0.15, 0.2) is 0 Å². The summed E-state index contributed by atoms with van der Waals surface area (Å²) in [4.78, 5) is 12.7. The number of halogens is 1. The second-order valence-corrected chi connectivity index (χ2v) is 7.65. The average molecular weight is 423 g/mol. The first-order chi connectivity index (χ1) is 14.6. The average Bonchev–Trinajstić information content (AvgIpc) is 3.26. The molecule has 0 saturated carbocycles. The van der Waals surface area contributed by atoms with Crippen LogP contribution in [0.4, 0.5) is 0 Å². The third-order valence-corrected chi connectivity index (χ3v) is 5.57. The van der Waals surface area contributed by atoms with Crippen LogP contribution in [0, 0.1) is 0 Å². The third-order valence-electron chi connectivity index (χ3n) is 5.31. The zero-order chi connectivity index (χ0) is 21.1. The van der Waals surface area contributed by atoms with Crippen molar-refractivity contribution in [1.82, 2.24) is 16.3 Å². The summed E-state index contributed by atoms with van der Waals surface area (Å²) in [5, 5.41) is 7.13. The monoisotopic (exact) mass is 422 g/mol. The maximum absolute atomic E-state index is 12.7. The van der Waals surface area contributed by atoms with Crippen molar-refractivity contribution < 1.29 is 9.53 Å². The maximum atomic E-state index is 12.7. The van der Waals surface area contributed by atoms with E-state index in [9.17, 15) is 4.79 Å². The first-order valence-corrected chi connectivity index (χ1v) is 10.1. The van der Waals surface area contributed by atoms with E-state index < -0.39 is 6.04 Å². The molecule has 3 N–H and O–H groups in total. The van der Waals surface area contributed by atoms with Crippen molar-refractivity contribution >= 4 is 34.0 Å². The Labute approximate surface area is 180 Å². The lowest BCUT2D eigenvalue weighted by molar-refractivity contribution is -0.122. The van der Waals surface area contributed by atoms with Gasteiger partial charge in [0.2, 0.25) is 0 Å². The molecule has 0 radical (unpaired) electrons. The van der Waals surface area contributed by atoms with Crippen LogP contribution in [0.15, 0.2) is 65.8 Å². The van der Waals surface area contributed by atoms with E-state index in [0.29, 0.717) is 17.2 Å². The van der Waals surface area contributed by atoms with Crippen LogP contribution < -0.4 is 21.0 Å². The molecule has 2 atom stereocenters. The molecule has 3 aromatic rings. The molecular weight excluding hydrogens is 400 g/mol. The lowest BCUT2D eigenvalue weighted by Crippen LogP contribution is -2.41. The number of hydrogen-bond acceptors (Lipinski definition) is 5. The van der Waals surface area contributed by atoms with E-state index in [2.05, 4.69) is 33.5 Å². The Kier molecular flexibility index (Phi) is 5.99. The molecule has 6 nitrogen and oxygen atoms in total. The van der Waals surface area contributed by atoms with E-state index >= 15 is 0 Å². The van der Waals surface area contributed by atoms with Crippen LogP contribution >= 0.6 is 11.6 Å². The van der Waals surface area contributed by atoms with E-state index in [-0.39, 0.29) is 11.9 Å². The van der Waals surface area contributed by atoms with Gasteiger partial charge in [-0.1, -0.05) is 54.1 Å². The number of carbonyl (C=O) groups is 1. The zero-order valence-electron chi connectivity index (χ0n) is 16.8. The molecule has 0 aromatic heterocycles. The van der Waals surface area contributed by atoms with Crippen molar-refractivity contribution in [3.05, 3.63) is 76.8 Å². The highest BCUT2D eigenvalue weighted by Crippen LogP contribution is 2.36. The molecule has 4 rings (SSSR count). The highest BCUT2D eigenvalue weighted by atomic mass is 35.5. The number of carbonyl (C=O) groups excluding carboxylic acids is 1.